The Morgan fingerprint density at radius 2 is 1.73 bits per heavy atom. The van der Waals surface area contributed by atoms with Gasteiger partial charge >= 0.3 is 0 Å². The predicted octanol–water partition coefficient (Wildman–Crippen LogP) is 4.83. The van der Waals surface area contributed by atoms with E-state index in [1.165, 1.54) is 13.4 Å². The molecule has 11 heteroatoms. The maximum absolute atomic E-state index is 15.4. The van der Waals surface area contributed by atoms with Crippen LogP contribution in [0.1, 0.15) is 31.1 Å². The summed E-state index contributed by atoms with van der Waals surface area (Å²) >= 11 is 0. The first-order valence-corrected chi connectivity index (χ1v) is 12.3. The highest BCUT2D eigenvalue weighted by molar-refractivity contribution is 6.08. The van der Waals surface area contributed by atoms with Crippen molar-refractivity contribution in [2.24, 2.45) is 7.05 Å². The molecule has 0 spiro atoms. The molecule has 208 valence electrons. The summed E-state index contributed by atoms with van der Waals surface area (Å²) in [4.78, 5) is 33.1. The summed E-state index contributed by atoms with van der Waals surface area (Å²) < 4.78 is 37.8. The molecule has 2 aromatic heterocycles. The van der Waals surface area contributed by atoms with Gasteiger partial charge in [-0.15, -0.1) is 0 Å². The van der Waals surface area contributed by atoms with Crippen molar-refractivity contribution in [2.75, 3.05) is 24.7 Å². The van der Waals surface area contributed by atoms with Crippen LogP contribution in [0.25, 0.3) is 33.4 Å². The van der Waals surface area contributed by atoms with Gasteiger partial charge in [-0.1, -0.05) is 18.7 Å². The molecule has 2 amide bonds. The summed E-state index contributed by atoms with van der Waals surface area (Å²) in [6.45, 7) is 8.75. The van der Waals surface area contributed by atoms with E-state index in [-0.39, 0.29) is 23.8 Å². The maximum atomic E-state index is 15.4. The number of halogens is 2. The van der Waals surface area contributed by atoms with Gasteiger partial charge in [-0.05, 0) is 56.2 Å². The summed E-state index contributed by atoms with van der Waals surface area (Å²) in [5.41, 5.74) is 7.89. The lowest BCUT2D eigenvalue weighted by Crippen LogP contribution is -2.40. The Morgan fingerprint density at radius 1 is 1.10 bits per heavy atom. The van der Waals surface area contributed by atoms with Crippen molar-refractivity contribution in [1.29, 1.82) is 0 Å². The van der Waals surface area contributed by atoms with Gasteiger partial charge in [0.2, 0.25) is 0 Å². The zero-order valence-corrected chi connectivity index (χ0v) is 22.9. The molecule has 4 rings (SSSR count). The van der Waals surface area contributed by atoms with Crippen molar-refractivity contribution in [1.82, 2.24) is 19.9 Å². The Balaban J connectivity index is 1.84. The summed E-state index contributed by atoms with van der Waals surface area (Å²) in [7, 11) is 3.22. The van der Waals surface area contributed by atoms with Crippen LogP contribution in [0.15, 0.2) is 54.9 Å². The number of methoxy groups -OCH3 is 1. The molecule has 0 fully saturated rings. The molecule has 0 radical (unpaired) electrons. The minimum Gasteiger partial charge on any atom is -0.383 e. The van der Waals surface area contributed by atoms with Gasteiger partial charge in [0, 0.05) is 37.5 Å². The number of carbonyl (C=O) groups excluding carboxylic acids is 2. The zero-order valence-electron chi connectivity index (χ0n) is 22.9. The van der Waals surface area contributed by atoms with E-state index in [2.05, 4.69) is 27.2 Å². The lowest BCUT2D eigenvalue weighted by Gasteiger charge is -2.23. The predicted molar refractivity (Wildman–Crippen MR) is 151 cm³/mol. The van der Waals surface area contributed by atoms with Crippen LogP contribution in [0.3, 0.4) is 0 Å². The first-order valence-electron chi connectivity index (χ1n) is 12.3. The molecule has 9 nitrogen and oxygen atoms in total. The summed E-state index contributed by atoms with van der Waals surface area (Å²) in [6.07, 6.45) is 1.30. The van der Waals surface area contributed by atoms with Gasteiger partial charge in [0.1, 0.15) is 35.0 Å². The molecule has 0 aliphatic rings. The number of amides is 2. The third-order valence-corrected chi connectivity index (χ3v) is 6.59. The highest BCUT2D eigenvalue weighted by Crippen LogP contribution is 2.42. The fourth-order valence-corrected chi connectivity index (χ4v) is 4.23. The summed E-state index contributed by atoms with van der Waals surface area (Å²) in [5, 5.41) is 5.65. The zero-order chi connectivity index (χ0) is 29.4. The Hall–Kier alpha value is -4.64. The normalized spacial score (nSPS) is 11.5. The second-order valence-electron chi connectivity index (χ2n) is 10.0. The second kappa shape index (κ2) is 10.9. The maximum Gasteiger partial charge on any atom is 0.257 e. The molecule has 2 aromatic carbocycles. The number of nitrogens with zero attached hydrogens (tertiary/aromatic N) is 3. The van der Waals surface area contributed by atoms with Gasteiger partial charge in [-0.2, -0.15) is 0 Å². The van der Waals surface area contributed by atoms with Crippen LogP contribution in [-0.4, -0.2) is 45.6 Å². The quantitative estimate of drug-likeness (QED) is 0.271. The molecule has 0 aliphatic heterocycles. The van der Waals surface area contributed by atoms with E-state index in [1.54, 1.807) is 56.7 Å². The third-order valence-electron chi connectivity index (χ3n) is 6.59. The molecule has 0 saturated heterocycles. The highest BCUT2D eigenvalue weighted by Gasteiger charge is 2.26. The average Bonchev–Trinajstić information content (AvgIpc) is 3.21. The minimum atomic E-state index is -1.04. The van der Waals surface area contributed by atoms with Crippen molar-refractivity contribution in [2.45, 2.75) is 26.4 Å². The Morgan fingerprint density at radius 3 is 2.30 bits per heavy atom. The number of anilines is 2. The summed E-state index contributed by atoms with van der Waals surface area (Å²) in [6, 6.07) is 9.08. The first-order chi connectivity index (χ1) is 18.8. The number of nitrogens with two attached hydrogens (primary N) is 1. The van der Waals surface area contributed by atoms with E-state index in [0.717, 1.165) is 12.1 Å². The first kappa shape index (κ1) is 28.4. The van der Waals surface area contributed by atoms with Gasteiger partial charge in [-0.3, -0.25) is 9.59 Å². The van der Waals surface area contributed by atoms with E-state index in [1.807, 2.05) is 0 Å². The van der Waals surface area contributed by atoms with Gasteiger partial charge in [-0.25, -0.2) is 18.7 Å². The van der Waals surface area contributed by atoms with Crippen molar-refractivity contribution >= 4 is 34.4 Å². The molecular formula is C29H30F2N6O3. The highest BCUT2D eigenvalue weighted by atomic mass is 19.1. The van der Waals surface area contributed by atoms with Crippen molar-refractivity contribution in [3.8, 4) is 22.4 Å². The van der Waals surface area contributed by atoms with Crippen LogP contribution in [0.5, 0.6) is 0 Å². The molecule has 0 bridgehead atoms. The fraction of sp³-hybridized carbons (Fsp3) is 0.241. The SMILES string of the molecule is C=C(C)C(=O)Nc1ccc(-c2c(-c3cc(F)c(C(=O)NCC(C)(C)OC)c(F)c3)c3c(N)ncnc3n2C)cc1. The third kappa shape index (κ3) is 5.41. The van der Waals surface area contributed by atoms with E-state index in [9.17, 15) is 9.59 Å². The molecule has 0 saturated carbocycles. The topological polar surface area (TPSA) is 124 Å². The van der Waals surface area contributed by atoms with Crippen LogP contribution < -0.4 is 16.4 Å². The largest absolute Gasteiger partial charge is 0.383 e. The number of hydrogen-bond acceptors (Lipinski definition) is 6. The molecule has 40 heavy (non-hydrogen) atoms. The number of benzene rings is 2. The molecule has 0 atom stereocenters. The standard InChI is InChI=1S/C29H30F2N6O3/c1-15(2)27(38)36-18-9-7-16(8-10-18)24-21(23-25(32)34-14-35-26(23)37(24)5)17-11-19(30)22(20(31)12-17)28(39)33-13-29(3,4)40-6/h7-12,14H,1,13H2,2-6H3,(H,33,39)(H,36,38)(H2,32,34,35). The van der Waals surface area contributed by atoms with E-state index < -0.39 is 28.7 Å². The number of rotatable bonds is 8. The van der Waals surface area contributed by atoms with Crippen molar-refractivity contribution in [3.63, 3.8) is 0 Å². The van der Waals surface area contributed by atoms with Gasteiger partial charge in [0.05, 0.1) is 16.7 Å². The monoisotopic (exact) mass is 548 g/mol. The Bertz CT molecular complexity index is 1620. The number of ether oxygens (including phenoxy) is 1. The second-order valence-corrected chi connectivity index (χ2v) is 10.0. The van der Waals surface area contributed by atoms with Crippen molar-refractivity contribution < 1.29 is 23.1 Å². The van der Waals surface area contributed by atoms with E-state index in [0.29, 0.717) is 39.1 Å². The lowest BCUT2D eigenvalue weighted by molar-refractivity contribution is -0.112. The minimum absolute atomic E-state index is 0.0487. The molecule has 0 aliphatic carbocycles. The van der Waals surface area contributed by atoms with E-state index >= 15 is 8.78 Å². The molecule has 4 aromatic rings. The lowest BCUT2D eigenvalue weighted by atomic mass is 9.97. The molecule has 2 heterocycles. The Labute approximate surface area is 230 Å². The number of nitrogens with one attached hydrogen (secondary N) is 2. The fourth-order valence-electron chi connectivity index (χ4n) is 4.23. The number of carbonyl (C=O) groups is 2. The molecular weight excluding hydrogens is 518 g/mol. The van der Waals surface area contributed by atoms with Crippen LogP contribution >= 0.6 is 0 Å². The van der Waals surface area contributed by atoms with Gasteiger partial charge in [0.25, 0.3) is 11.8 Å². The van der Waals surface area contributed by atoms with Gasteiger partial charge in [0.15, 0.2) is 0 Å². The summed E-state index contributed by atoms with van der Waals surface area (Å²) in [5.74, 6) is -3.18. The number of hydrogen-bond donors (Lipinski definition) is 3. The molecule has 0 unspecified atom stereocenters. The van der Waals surface area contributed by atoms with E-state index in [4.69, 9.17) is 10.5 Å². The number of aryl methyl sites for hydroxylation is 1. The van der Waals surface area contributed by atoms with Crippen LogP contribution in [0.4, 0.5) is 20.3 Å². The number of aromatic nitrogens is 3. The smallest absolute Gasteiger partial charge is 0.257 e. The number of fused-ring (bicyclic) bond motifs is 1. The van der Waals surface area contributed by atoms with Gasteiger partial charge < -0.3 is 25.7 Å². The molecule has 4 N–H and O–H groups in total. The van der Waals surface area contributed by atoms with Crippen molar-refractivity contribution in [3.05, 3.63) is 72.1 Å². The van der Waals surface area contributed by atoms with Crippen LogP contribution in [0.2, 0.25) is 0 Å². The average molecular weight is 549 g/mol. The number of nitrogen functional groups attached to an aromatic ring is 1. The Kier molecular flexibility index (Phi) is 7.70. The van der Waals surface area contributed by atoms with Crippen LogP contribution in [-0.2, 0) is 16.6 Å². The van der Waals surface area contributed by atoms with Crippen LogP contribution in [0, 0.1) is 11.6 Å².